The maximum Gasteiger partial charge on any atom is 0.410 e. The largest absolute Gasteiger partial charge is 0.494 e. The van der Waals surface area contributed by atoms with Gasteiger partial charge in [-0.05, 0) is 51.5 Å². The van der Waals surface area contributed by atoms with Crippen molar-refractivity contribution in [2.45, 2.75) is 46.1 Å². The lowest BCUT2D eigenvalue weighted by Crippen LogP contribution is -2.51. The molecular weight excluding hydrogens is 370 g/mol. The van der Waals surface area contributed by atoms with E-state index < -0.39 is 5.60 Å². The van der Waals surface area contributed by atoms with Crippen molar-refractivity contribution in [2.24, 2.45) is 0 Å². The van der Waals surface area contributed by atoms with E-state index in [0.29, 0.717) is 31.8 Å². The van der Waals surface area contributed by atoms with Crippen LogP contribution in [0.1, 0.15) is 50.9 Å². The molecule has 1 N–H and O–H groups in total. The Kier molecular flexibility index (Phi) is 8.76. The van der Waals surface area contributed by atoms with Crippen LogP contribution in [0, 0.1) is 0 Å². The average Bonchev–Trinajstić information content (AvgIpc) is 2.68. The summed E-state index contributed by atoms with van der Waals surface area (Å²) in [6.45, 7) is 12.6. The van der Waals surface area contributed by atoms with Crippen LogP contribution in [0.2, 0.25) is 0 Å². The molecule has 7 nitrogen and oxygen atoms in total. The third kappa shape index (κ3) is 8.31. The molecule has 1 fully saturated rings. The number of benzene rings is 1. The van der Waals surface area contributed by atoms with E-state index in [1.165, 1.54) is 0 Å². The van der Waals surface area contributed by atoms with Crippen molar-refractivity contribution in [3.8, 4) is 5.75 Å². The predicted molar refractivity (Wildman–Crippen MR) is 113 cm³/mol. The average molecular weight is 406 g/mol. The number of amides is 2. The van der Waals surface area contributed by atoms with E-state index in [9.17, 15) is 9.59 Å². The number of unbranched alkanes of at least 4 members (excludes halogenated alkanes) is 1. The number of nitrogens with zero attached hydrogens (tertiary/aromatic N) is 2. The number of rotatable bonds is 8. The van der Waals surface area contributed by atoms with Crippen molar-refractivity contribution in [3.05, 3.63) is 29.8 Å². The second kappa shape index (κ2) is 11.0. The van der Waals surface area contributed by atoms with Crippen LogP contribution < -0.4 is 10.1 Å². The summed E-state index contributed by atoms with van der Waals surface area (Å²) in [5.41, 5.74) is 0.154. The molecule has 2 rings (SSSR count). The summed E-state index contributed by atoms with van der Waals surface area (Å²) in [5.74, 6) is 0.704. The molecule has 0 atom stereocenters. The summed E-state index contributed by atoms with van der Waals surface area (Å²) in [7, 11) is 0. The van der Waals surface area contributed by atoms with Crippen molar-refractivity contribution in [2.75, 3.05) is 45.9 Å². The summed E-state index contributed by atoms with van der Waals surface area (Å²) < 4.78 is 11.0. The molecule has 0 aromatic heterocycles. The summed E-state index contributed by atoms with van der Waals surface area (Å²) in [5, 5.41) is 2.96. The standard InChI is InChI=1S/C22H35N3O4/c1-5-6-17-28-19-9-7-18(8-10-19)20(26)23-11-12-24-13-15-25(16-14-24)21(27)29-22(2,3)4/h7-10H,5-6,11-17H2,1-4H3,(H,23,26). The first-order valence-corrected chi connectivity index (χ1v) is 10.5. The maximum atomic E-state index is 12.3. The number of hydrogen-bond donors (Lipinski definition) is 1. The van der Waals surface area contributed by atoms with Crippen LogP contribution in [0.3, 0.4) is 0 Å². The fourth-order valence-corrected chi connectivity index (χ4v) is 2.95. The zero-order valence-electron chi connectivity index (χ0n) is 18.2. The Morgan fingerprint density at radius 1 is 1.07 bits per heavy atom. The number of nitrogens with one attached hydrogen (secondary N) is 1. The van der Waals surface area contributed by atoms with Crippen LogP contribution in [-0.4, -0.2) is 73.3 Å². The third-order valence-electron chi connectivity index (χ3n) is 4.62. The van der Waals surface area contributed by atoms with Crippen LogP contribution >= 0.6 is 0 Å². The summed E-state index contributed by atoms with van der Waals surface area (Å²) in [4.78, 5) is 28.4. The smallest absolute Gasteiger partial charge is 0.410 e. The lowest BCUT2D eigenvalue weighted by atomic mass is 10.2. The topological polar surface area (TPSA) is 71.1 Å². The summed E-state index contributed by atoms with van der Waals surface area (Å²) in [6.07, 6.45) is 1.86. The van der Waals surface area contributed by atoms with Gasteiger partial charge in [0.25, 0.3) is 5.91 Å². The lowest BCUT2D eigenvalue weighted by molar-refractivity contribution is 0.0147. The maximum absolute atomic E-state index is 12.3. The number of piperazine rings is 1. The molecule has 29 heavy (non-hydrogen) atoms. The van der Waals surface area contributed by atoms with E-state index >= 15 is 0 Å². The van der Waals surface area contributed by atoms with E-state index in [-0.39, 0.29) is 12.0 Å². The molecule has 0 bridgehead atoms. The van der Waals surface area contributed by atoms with E-state index in [0.717, 1.165) is 38.2 Å². The van der Waals surface area contributed by atoms with Crippen LogP contribution in [0.4, 0.5) is 4.79 Å². The molecule has 1 saturated heterocycles. The minimum Gasteiger partial charge on any atom is -0.494 e. The van der Waals surface area contributed by atoms with E-state index in [1.807, 2.05) is 32.9 Å². The van der Waals surface area contributed by atoms with Gasteiger partial charge in [-0.3, -0.25) is 9.69 Å². The quantitative estimate of drug-likeness (QED) is 0.673. The van der Waals surface area contributed by atoms with Crippen LogP contribution in [-0.2, 0) is 4.74 Å². The van der Waals surface area contributed by atoms with Gasteiger partial charge in [0.1, 0.15) is 11.4 Å². The first-order valence-electron chi connectivity index (χ1n) is 10.5. The molecule has 7 heteroatoms. The van der Waals surface area contributed by atoms with Crippen LogP contribution in [0.15, 0.2) is 24.3 Å². The highest BCUT2D eigenvalue weighted by molar-refractivity contribution is 5.94. The zero-order valence-corrected chi connectivity index (χ0v) is 18.2. The highest BCUT2D eigenvalue weighted by atomic mass is 16.6. The van der Waals surface area contributed by atoms with Crippen molar-refractivity contribution >= 4 is 12.0 Å². The highest BCUT2D eigenvalue weighted by Gasteiger charge is 2.25. The molecule has 0 aliphatic carbocycles. The zero-order chi connectivity index (χ0) is 21.3. The molecule has 0 spiro atoms. The monoisotopic (exact) mass is 405 g/mol. The molecule has 1 aromatic carbocycles. The molecule has 0 saturated carbocycles. The van der Waals surface area contributed by atoms with Gasteiger partial charge >= 0.3 is 6.09 Å². The van der Waals surface area contributed by atoms with Crippen LogP contribution in [0.25, 0.3) is 0 Å². The lowest BCUT2D eigenvalue weighted by Gasteiger charge is -2.35. The first kappa shape index (κ1) is 23.0. The van der Waals surface area contributed by atoms with Gasteiger partial charge in [0, 0.05) is 44.8 Å². The van der Waals surface area contributed by atoms with Crippen molar-refractivity contribution < 1.29 is 19.1 Å². The van der Waals surface area contributed by atoms with E-state index in [1.54, 1.807) is 17.0 Å². The Labute approximate surface area is 174 Å². The molecule has 162 valence electrons. The van der Waals surface area contributed by atoms with Crippen molar-refractivity contribution in [1.82, 2.24) is 15.1 Å². The molecule has 1 aliphatic rings. The summed E-state index contributed by atoms with van der Waals surface area (Å²) in [6, 6.07) is 7.24. The molecule has 0 unspecified atom stereocenters. The van der Waals surface area contributed by atoms with Crippen molar-refractivity contribution in [3.63, 3.8) is 0 Å². The number of carbonyl (C=O) groups is 2. The van der Waals surface area contributed by atoms with Gasteiger partial charge in [-0.1, -0.05) is 13.3 Å². The number of hydrogen-bond acceptors (Lipinski definition) is 5. The van der Waals surface area contributed by atoms with Gasteiger partial charge in [0.2, 0.25) is 0 Å². The molecule has 1 aromatic rings. The van der Waals surface area contributed by atoms with E-state index in [4.69, 9.17) is 9.47 Å². The minimum absolute atomic E-state index is 0.0856. The fourth-order valence-electron chi connectivity index (χ4n) is 2.95. The van der Waals surface area contributed by atoms with E-state index in [2.05, 4.69) is 17.1 Å². The van der Waals surface area contributed by atoms with Gasteiger partial charge in [-0.25, -0.2) is 4.79 Å². The minimum atomic E-state index is -0.474. The Morgan fingerprint density at radius 3 is 2.31 bits per heavy atom. The SMILES string of the molecule is CCCCOc1ccc(C(=O)NCCN2CCN(C(=O)OC(C)(C)C)CC2)cc1. The normalized spacial score (nSPS) is 15.1. The molecule has 0 radical (unpaired) electrons. The second-order valence-electron chi connectivity index (χ2n) is 8.29. The Morgan fingerprint density at radius 2 is 1.72 bits per heavy atom. The van der Waals surface area contributed by atoms with Gasteiger partial charge < -0.3 is 19.7 Å². The molecular formula is C22H35N3O4. The number of ether oxygens (including phenoxy) is 2. The Hall–Kier alpha value is -2.28. The summed E-state index contributed by atoms with van der Waals surface area (Å²) >= 11 is 0. The third-order valence-corrected chi connectivity index (χ3v) is 4.62. The molecule has 1 aliphatic heterocycles. The van der Waals surface area contributed by atoms with Gasteiger partial charge in [0.05, 0.1) is 6.61 Å². The van der Waals surface area contributed by atoms with Crippen LogP contribution in [0.5, 0.6) is 5.75 Å². The van der Waals surface area contributed by atoms with Crippen molar-refractivity contribution in [1.29, 1.82) is 0 Å². The Balaban J connectivity index is 1.66. The molecule has 1 heterocycles. The fraction of sp³-hybridized carbons (Fsp3) is 0.636. The first-order chi connectivity index (χ1) is 13.8. The predicted octanol–water partition coefficient (Wildman–Crippen LogP) is 3.15. The number of carbonyl (C=O) groups excluding carboxylic acids is 2. The molecule has 2 amide bonds. The highest BCUT2D eigenvalue weighted by Crippen LogP contribution is 2.13. The van der Waals surface area contributed by atoms with Gasteiger partial charge in [0.15, 0.2) is 0 Å². The Bertz CT molecular complexity index is 647. The van der Waals surface area contributed by atoms with Gasteiger partial charge in [-0.2, -0.15) is 0 Å². The van der Waals surface area contributed by atoms with Gasteiger partial charge in [-0.15, -0.1) is 0 Å². The second-order valence-corrected chi connectivity index (χ2v) is 8.29.